The fraction of sp³-hybridized carbons (Fsp3) is 0.500. The first-order valence-corrected chi connectivity index (χ1v) is 5.19. The van der Waals surface area contributed by atoms with Crippen LogP contribution in [0.2, 0.25) is 0 Å². The number of rotatable bonds is 3. The van der Waals surface area contributed by atoms with Gasteiger partial charge in [0.2, 0.25) is 5.12 Å². The molecule has 0 aliphatic carbocycles. The van der Waals surface area contributed by atoms with Gasteiger partial charge in [0.05, 0.1) is 4.20 Å². The summed E-state index contributed by atoms with van der Waals surface area (Å²) in [7, 11) is 0. The van der Waals surface area contributed by atoms with Gasteiger partial charge >= 0.3 is 0 Å². The fourth-order valence-corrected chi connectivity index (χ4v) is 1.33. The minimum Gasteiger partial charge on any atom is -0.376 e. The lowest BCUT2D eigenvalue weighted by Crippen LogP contribution is -2.14. The zero-order valence-electron chi connectivity index (χ0n) is 5.17. The van der Waals surface area contributed by atoms with Crippen LogP contribution in [0, 0.1) is 0 Å². The summed E-state index contributed by atoms with van der Waals surface area (Å²) < 4.78 is -0.622. The van der Waals surface area contributed by atoms with Crippen LogP contribution >= 0.6 is 61.9 Å². The Bertz CT molecular complexity index is 168. The Balaban J connectivity index is 3.85. The van der Waals surface area contributed by atoms with Gasteiger partial charge in [0, 0.05) is 0 Å². The van der Waals surface area contributed by atoms with E-state index in [9.17, 15) is 4.79 Å². The van der Waals surface area contributed by atoms with Crippen molar-refractivity contribution in [1.82, 2.24) is 0 Å². The Morgan fingerprint density at radius 3 is 2.27 bits per heavy atom. The second-order valence-electron chi connectivity index (χ2n) is 1.50. The largest absolute Gasteiger partial charge is 0.376 e. The van der Waals surface area contributed by atoms with Gasteiger partial charge in [-0.1, -0.05) is 12.2 Å². The number of thiol groups is 3. The van der Waals surface area contributed by atoms with Crippen molar-refractivity contribution < 1.29 is 9.90 Å². The third-order valence-electron chi connectivity index (χ3n) is 0.650. The van der Waals surface area contributed by atoms with Crippen LogP contribution in [0.1, 0.15) is 0 Å². The molecule has 11 heavy (non-hydrogen) atoms. The average molecular weight is 246 g/mol. The maximum atomic E-state index is 10.8. The molecule has 0 rings (SSSR count). The van der Waals surface area contributed by atoms with Gasteiger partial charge in [-0.3, -0.25) is 4.79 Å². The predicted octanol–water partition coefficient (Wildman–Crippen LogP) is 1.01. The average Bonchev–Trinajstić information content (AvgIpc) is 1.87. The first-order chi connectivity index (χ1) is 4.95. The number of carbonyl (C=O) groups is 1. The quantitative estimate of drug-likeness (QED) is 0.341. The lowest BCUT2D eigenvalue weighted by Gasteiger charge is -2.06. The van der Waals surface area contributed by atoms with Crippen molar-refractivity contribution in [3.63, 3.8) is 0 Å². The number of aliphatic hydroxyl groups is 1. The van der Waals surface area contributed by atoms with Crippen LogP contribution < -0.4 is 0 Å². The van der Waals surface area contributed by atoms with E-state index in [2.05, 4.69) is 50.1 Å². The van der Waals surface area contributed by atoms with Crippen molar-refractivity contribution in [3.05, 3.63) is 0 Å². The van der Waals surface area contributed by atoms with Crippen molar-refractivity contribution >= 4 is 71.2 Å². The SMILES string of the molecule is O=C(SC(O)C(=S)S)C(S)S. The Morgan fingerprint density at radius 1 is 1.55 bits per heavy atom. The summed E-state index contributed by atoms with van der Waals surface area (Å²) in [6.07, 6.45) is 0. The van der Waals surface area contributed by atoms with E-state index >= 15 is 0 Å². The summed E-state index contributed by atoms with van der Waals surface area (Å²) >= 11 is 16.4. The van der Waals surface area contributed by atoms with Gasteiger partial charge in [-0.25, -0.2) is 0 Å². The Hall–Kier alpha value is 1.12. The topological polar surface area (TPSA) is 37.3 Å². The molecule has 0 heterocycles. The fourth-order valence-electron chi connectivity index (χ4n) is 0.221. The maximum Gasteiger partial charge on any atom is 0.214 e. The van der Waals surface area contributed by atoms with Crippen LogP contribution in [0.5, 0.6) is 0 Å². The van der Waals surface area contributed by atoms with Crippen molar-refractivity contribution in [2.24, 2.45) is 0 Å². The molecular weight excluding hydrogens is 240 g/mol. The Morgan fingerprint density at radius 2 is 2.00 bits per heavy atom. The smallest absolute Gasteiger partial charge is 0.214 e. The van der Waals surface area contributed by atoms with Crippen LogP contribution in [0.15, 0.2) is 0 Å². The monoisotopic (exact) mass is 246 g/mol. The zero-order valence-corrected chi connectivity index (χ0v) is 9.48. The molecule has 1 N–H and O–H groups in total. The number of hydrogen-bond donors (Lipinski definition) is 4. The highest BCUT2D eigenvalue weighted by Crippen LogP contribution is 2.18. The number of hydrogen-bond acceptors (Lipinski definition) is 6. The van der Waals surface area contributed by atoms with Crippen LogP contribution in [0.25, 0.3) is 0 Å². The van der Waals surface area contributed by atoms with E-state index in [0.717, 1.165) is 0 Å². The van der Waals surface area contributed by atoms with Crippen molar-refractivity contribution in [1.29, 1.82) is 0 Å². The van der Waals surface area contributed by atoms with Crippen molar-refractivity contribution in [3.8, 4) is 0 Å². The minimum atomic E-state index is -1.05. The molecule has 0 radical (unpaired) electrons. The number of thiocarbonyl (C=S) groups is 1. The molecule has 0 aliphatic rings. The number of thioether (sulfide) groups is 1. The van der Waals surface area contributed by atoms with Gasteiger partial charge in [0.15, 0.2) is 0 Å². The summed E-state index contributed by atoms with van der Waals surface area (Å²) in [4.78, 5) is 10.8. The Labute approximate surface area is 90.7 Å². The molecule has 7 heteroatoms. The summed E-state index contributed by atoms with van der Waals surface area (Å²) in [5, 5.41) is 8.66. The third-order valence-corrected chi connectivity index (χ3v) is 3.19. The molecule has 0 aromatic heterocycles. The highest BCUT2D eigenvalue weighted by molar-refractivity contribution is 8.21. The van der Waals surface area contributed by atoms with Gasteiger partial charge in [0.1, 0.15) is 10.0 Å². The molecule has 0 aromatic carbocycles. The van der Waals surface area contributed by atoms with Crippen LogP contribution in [-0.4, -0.2) is 24.4 Å². The van der Waals surface area contributed by atoms with Crippen LogP contribution in [0.3, 0.4) is 0 Å². The molecule has 0 aliphatic heterocycles. The molecule has 0 amide bonds. The molecule has 0 fully saturated rings. The molecule has 2 nitrogen and oxygen atoms in total. The van der Waals surface area contributed by atoms with Gasteiger partial charge in [-0.15, -0.1) is 12.6 Å². The molecule has 0 spiro atoms. The van der Waals surface area contributed by atoms with E-state index in [1.165, 1.54) is 0 Å². The van der Waals surface area contributed by atoms with Crippen LogP contribution in [0.4, 0.5) is 0 Å². The lowest BCUT2D eigenvalue weighted by atomic mass is 10.8. The van der Waals surface area contributed by atoms with Gasteiger partial charge < -0.3 is 5.11 Å². The lowest BCUT2D eigenvalue weighted by molar-refractivity contribution is -0.109. The minimum absolute atomic E-state index is 0.0747. The second kappa shape index (κ2) is 5.71. The molecular formula is C4H6O2S5. The molecule has 64 valence electrons. The molecule has 0 aromatic rings. The van der Waals surface area contributed by atoms with Gasteiger partial charge in [0.25, 0.3) is 0 Å². The highest BCUT2D eigenvalue weighted by Gasteiger charge is 2.17. The summed E-state index contributed by atoms with van der Waals surface area (Å²) in [6.45, 7) is 0. The number of aliphatic hydroxyl groups excluding tert-OH is 1. The maximum absolute atomic E-state index is 10.8. The molecule has 0 bridgehead atoms. The normalized spacial score (nSPS) is 13.2. The first-order valence-electron chi connectivity index (χ1n) is 2.42. The summed E-state index contributed by atoms with van der Waals surface area (Å²) in [5.41, 5.74) is -1.05. The first kappa shape index (κ1) is 12.1. The highest BCUT2D eigenvalue weighted by atomic mass is 32.2. The van der Waals surface area contributed by atoms with Crippen LogP contribution in [-0.2, 0) is 4.79 Å². The standard InChI is InChI=1S/C4H6O2S5/c5-1(3(7)8)11-2(6)4(9)10/h1,4-5,9-10H,(H,7,8). The van der Waals surface area contributed by atoms with Crippen molar-refractivity contribution in [2.45, 2.75) is 10.0 Å². The molecule has 0 saturated heterocycles. The zero-order chi connectivity index (χ0) is 9.02. The second-order valence-corrected chi connectivity index (χ2v) is 5.25. The predicted molar refractivity (Wildman–Crippen MR) is 61.9 cm³/mol. The van der Waals surface area contributed by atoms with E-state index in [0.29, 0.717) is 11.8 Å². The summed E-state index contributed by atoms with van der Waals surface area (Å²) in [6, 6.07) is 0. The third kappa shape index (κ3) is 5.37. The van der Waals surface area contributed by atoms with E-state index < -0.39 is 10.0 Å². The van der Waals surface area contributed by atoms with E-state index in [1.54, 1.807) is 0 Å². The van der Waals surface area contributed by atoms with Crippen molar-refractivity contribution in [2.75, 3.05) is 0 Å². The van der Waals surface area contributed by atoms with Gasteiger partial charge in [-0.05, 0) is 11.8 Å². The number of carbonyl (C=O) groups excluding carboxylic acids is 1. The van der Waals surface area contributed by atoms with E-state index in [1.807, 2.05) is 0 Å². The van der Waals surface area contributed by atoms with Gasteiger partial charge in [-0.2, -0.15) is 25.3 Å². The molecule has 1 atom stereocenters. The molecule has 1 unspecified atom stereocenters. The van der Waals surface area contributed by atoms with E-state index in [4.69, 9.17) is 5.11 Å². The Kier molecular flexibility index (Phi) is 6.29. The summed E-state index contributed by atoms with van der Waals surface area (Å²) in [5.74, 6) is 0. The molecule has 0 saturated carbocycles. The van der Waals surface area contributed by atoms with E-state index in [-0.39, 0.29) is 9.31 Å².